The molecule has 0 saturated carbocycles. The van der Waals surface area contributed by atoms with Crippen molar-refractivity contribution in [2.45, 2.75) is 13.0 Å². The Morgan fingerprint density at radius 1 is 1.18 bits per heavy atom. The Kier molecular flexibility index (Phi) is 3.61. The number of nitrogens with two attached hydrogens (primary N) is 1. The second kappa shape index (κ2) is 5.17. The number of hydrogen-bond acceptors (Lipinski definition) is 3. The third kappa shape index (κ3) is 3.19. The van der Waals surface area contributed by atoms with Gasteiger partial charge in [-0.15, -0.1) is 0 Å². The monoisotopic (exact) mass is 248 g/mol. The predicted molar refractivity (Wildman–Crippen MR) is 68.4 cm³/mol. The topological polar surface area (TPSA) is 48.1 Å². The number of aromatic nitrogens is 1. The van der Waals surface area contributed by atoms with Gasteiger partial charge in [0.15, 0.2) is 0 Å². The average Bonchev–Trinajstić information content (AvgIpc) is 2.29. The van der Waals surface area contributed by atoms with Gasteiger partial charge in [0.2, 0.25) is 0 Å². The number of halogens is 1. The van der Waals surface area contributed by atoms with Crippen LogP contribution in [0.15, 0.2) is 42.7 Å². The number of benzene rings is 1. The summed E-state index contributed by atoms with van der Waals surface area (Å²) in [6, 6.07) is 9.38. The Balaban J connectivity index is 2.14. The van der Waals surface area contributed by atoms with Crippen LogP contribution in [0.25, 0.3) is 0 Å². The molecule has 1 aromatic heterocycles. The fourth-order valence-electron chi connectivity index (χ4n) is 1.42. The minimum absolute atomic E-state index is 0.0249. The first-order valence-electron chi connectivity index (χ1n) is 5.29. The molecular formula is C13H13ClN2O. The Morgan fingerprint density at radius 2 is 1.88 bits per heavy atom. The summed E-state index contributed by atoms with van der Waals surface area (Å²) in [6.07, 6.45) is 3.18. The van der Waals surface area contributed by atoms with Crippen LogP contribution in [0.4, 0.5) is 0 Å². The van der Waals surface area contributed by atoms with Crippen LogP contribution in [0.1, 0.15) is 18.5 Å². The summed E-state index contributed by atoms with van der Waals surface area (Å²) in [6.45, 7) is 1.94. The van der Waals surface area contributed by atoms with Crippen LogP contribution in [0.2, 0.25) is 5.02 Å². The van der Waals surface area contributed by atoms with Crippen LogP contribution in [0, 0.1) is 0 Å². The fourth-order valence-corrected chi connectivity index (χ4v) is 1.59. The molecule has 17 heavy (non-hydrogen) atoms. The molecule has 0 fully saturated rings. The highest BCUT2D eigenvalue weighted by Gasteiger charge is 2.01. The van der Waals surface area contributed by atoms with E-state index in [-0.39, 0.29) is 6.04 Å². The van der Waals surface area contributed by atoms with Gasteiger partial charge in [-0.3, -0.25) is 4.98 Å². The smallest absolute Gasteiger partial charge is 0.147 e. The molecule has 3 nitrogen and oxygen atoms in total. The molecule has 0 aliphatic carbocycles. The zero-order valence-electron chi connectivity index (χ0n) is 9.43. The van der Waals surface area contributed by atoms with E-state index < -0.39 is 0 Å². The third-order valence-corrected chi connectivity index (χ3v) is 2.53. The lowest BCUT2D eigenvalue weighted by molar-refractivity contribution is 0.480. The molecule has 0 unspecified atom stereocenters. The van der Waals surface area contributed by atoms with Crippen LogP contribution in [0.5, 0.6) is 11.5 Å². The van der Waals surface area contributed by atoms with E-state index in [9.17, 15) is 0 Å². The van der Waals surface area contributed by atoms with Crippen LogP contribution in [-0.2, 0) is 0 Å². The average molecular weight is 249 g/mol. The molecule has 1 atom stereocenters. The van der Waals surface area contributed by atoms with E-state index in [0.29, 0.717) is 10.8 Å². The summed E-state index contributed by atoms with van der Waals surface area (Å²) in [5.74, 6) is 1.35. The van der Waals surface area contributed by atoms with Crippen molar-refractivity contribution < 1.29 is 4.74 Å². The Labute approximate surface area is 105 Å². The SMILES string of the molecule is C[C@H](N)c1ccc(Oc2cncc(Cl)c2)cc1. The van der Waals surface area contributed by atoms with Gasteiger partial charge >= 0.3 is 0 Å². The molecule has 0 amide bonds. The normalized spacial score (nSPS) is 12.2. The summed E-state index contributed by atoms with van der Waals surface area (Å²) in [5.41, 5.74) is 6.84. The summed E-state index contributed by atoms with van der Waals surface area (Å²) in [5, 5.41) is 0.551. The van der Waals surface area contributed by atoms with E-state index in [4.69, 9.17) is 22.1 Å². The molecule has 2 aromatic rings. The molecule has 2 N–H and O–H groups in total. The van der Waals surface area contributed by atoms with Gasteiger partial charge in [-0.25, -0.2) is 0 Å². The van der Waals surface area contributed by atoms with Crippen LogP contribution in [-0.4, -0.2) is 4.98 Å². The van der Waals surface area contributed by atoms with Gasteiger partial charge < -0.3 is 10.5 Å². The highest BCUT2D eigenvalue weighted by Crippen LogP contribution is 2.24. The molecule has 0 spiro atoms. The van der Waals surface area contributed by atoms with Gasteiger partial charge in [0.05, 0.1) is 11.2 Å². The predicted octanol–water partition coefficient (Wildman–Crippen LogP) is 3.55. The van der Waals surface area contributed by atoms with Gasteiger partial charge in [-0.2, -0.15) is 0 Å². The molecule has 88 valence electrons. The molecule has 0 bridgehead atoms. The van der Waals surface area contributed by atoms with Crippen molar-refractivity contribution in [2.75, 3.05) is 0 Å². The summed E-state index contributed by atoms with van der Waals surface area (Å²) in [4.78, 5) is 3.95. The molecule has 0 aliphatic rings. The first-order valence-corrected chi connectivity index (χ1v) is 5.67. The maximum Gasteiger partial charge on any atom is 0.147 e. The van der Waals surface area contributed by atoms with Crippen molar-refractivity contribution in [1.82, 2.24) is 4.98 Å². The van der Waals surface area contributed by atoms with E-state index in [0.717, 1.165) is 11.3 Å². The standard InChI is InChI=1S/C13H13ClN2O/c1-9(15)10-2-4-12(5-3-10)17-13-6-11(14)7-16-8-13/h2-9H,15H2,1H3/t9-/m0/s1. The van der Waals surface area contributed by atoms with Crippen molar-refractivity contribution in [3.8, 4) is 11.5 Å². The fraction of sp³-hybridized carbons (Fsp3) is 0.154. The van der Waals surface area contributed by atoms with Crippen molar-refractivity contribution in [1.29, 1.82) is 0 Å². The second-order valence-electron chi connectivity index (χ2n) is 3.80. The number of ether oxygens (including phenoxy) is 1. The molecule has 2 rings (SSSR count). The zero-order chi connectivity index (χ0) is 12.3. The molecule has 0 saturated heterocycles. The van der Waals surface area contributed by atoms with E-state index >= 15 is 0 Å². The van der Waals surface area contributed by atoms with Gasteiger partial charge in [-0.05, 0) is 24.6 Å². The number of nitrogens with zero attached hydrogens (tertiary/aromatic N) is 1. The van der Waals surface area contributed by atoms with E-state index in [1.807, 2.05) is 31.2 Å². The lowest BCUT2D eigenvalue weighted by atomic mass is 10.1. The van der Waals surface area contributed by atoms with Crippen LogP contribution < -0.4 is 10.5 Å². The minimum atomic E-state index is 0.0249. The van der Waals surface area contributed by atoms with Gasteiger partial charge in [0.25, 0.3) is 0 Å². The zero-order valence-corrected chi connectivity index (χ0v) is 10.2. The lowest BCUT2D eigenvalue weighted by Crippen LogP contribution is -2.04. The van der Waals surface area contributed by atoms with E-state index in [1.54, 1.807) is 18.5 Å². The maximum absolute atomic E-state index is 5.82. The largest absolute Gasteiger partial charge is 0.456 e. The molecule has 0 radical (unpaired) electrons. The second-order valence-corrected chi connectivity index (χ2v) is 4.24. The Bertz CT molecular complexity index is 497. The summed E-state index contributed by atoms with van der Waals surface area (Å²) in [7, 11) is 0. The number of pyridine rings is 1. The lowest BCUT2D eigenvalue weighted by Gasteiger charge is -2.08. The number of hydrogen-bond donors (Lipinski definition) is 1. The first kappa shape index (κ1) is 11.9. The van der Waals surface area contributed by atoms with Crippen LogP contribution >= 0.6 is 11.6 Å². The third-order valence-electron chi connectivity index (χ3n) is 2.32. The van der Waals surface area contributed by atoms with E-state index in [2.05, 4.69) is 4.98 Å². The Morgan fingerprint density at radius 3 is 2.47 bits per heavy atom. The molecule has 0 aliphatic heterocycles. The summed E-state index contributed by atoms with van der Waals surface area (Å²) < 4.78 is 5.61. The highest BCUT2D eigenvalue weighted by molar-refractivity contribution is 6.30. The van der Waals surface area contributed by atoms with Gasteiger partial charge in [0, 0.05) is 18.3 Å². The van der Waals surface area contributed by atoms with E-state index in [1.165, 1.54) is 0 Å². The van der Waals surface area contributed by atoms with Crippen LogP contribution in [0.3, 0.4) is 0 Å². The quantitative estimate of drug-likeness (QED) is 0.904. The van der Waals surface area contributed by atoms with Crippen molar-refractivity contribution in [3.05, 3.63) is 53.3 Å². The van der Waals surface area contributed by atoms with Crippen molar-refractivity contribution in [2.24, 2.45) is 5.73 Å². The Hall–Kier alpha value is -1.58. The van der Waals surface area contributed by atoms with Crippen molar-refractivity contribution >= 4 is 11.6 Å². The summed E-state index contributed by atoms with van der Waals surface area (Å²) >= 11 is 5.82. The van der Waals surface area contributed by atoms with Gasteiger partial charge in [-0.1, -0.05) is 23.7 Å². The molecule has 1 aromatic carbocycles. The first-order chi connectivity index (χ1) is 8.15. The maximum atomic E-state index is 5.82. The molecule has 4 heteroatoms. The number of rotatable bonds is 3. The molecule has 1 heterocycles. The minimum Gasteiger partial charge on any atom is -0.456 e. The highest BCUT2D eigenvalue weighted by atomic mass is 35.5. The van der Waals surface area contributed by atoms with Gasteiger partial charge in [0.1, 0.15) is 11.5 Å². The van der Waals surface area contributed by atoms with Crippen molar-refractivity contribution in [3.63, 3.8) is 0 Å². The molecular weight excluding hydrogens is 236 g/mol.